The molecular formula is C12H8F3N3. The summed E-state index contributed by atoms with van der Waals surface area (Å²) in [7, 11) is 0. The van der Waals surface area contributed by atoms with Crippen molar-refractivity contribution in [3.63, 3.8) is 0 Å². The Morgan fingerprint density at radius 2 is 2.17 bits per heavy atom. The Morgan fingerprint density at radius 1 is 1.39 bits per heavy atom. The fourth-order valence-electron chi connectivity index (χ4n) is 1.56. The minimum Gasteiger partial charge on any atom is -0.266 e. The van der Waals surface area contributed by atoms with Crippen LogP contribution < -0.4 is 0 Å². The lowest BCUT2D eigenvalue weighted by Gasteiger charge is -2.01. The summed E-state index contributed by atoms with van der Waals surface area (Å²) in [6.07, 6.45) is 0.0984. The summed E-state index contributed by atoms with van der Waals surface area (Å²) in [6.45, 7) is -0.542. The number of halogens is 3. The predicted octanol–water partition coefficient (Wildman–Crippen LogP) is 2.83. The summed E-state index contributed by atoms with van der Waals surface area (Å²) in [5.74, 6) is -0.523. The highest BCUT2D eigenvalue weighted by atomic mass is 19.3. The fraction of sp³-hybridized carbons (Fsp3) is 0.167. The lowest BCUT2D eigenvalue weighted by Crippen LogP contribution is -2.06. The topological polar surface area (TPSA) is 41.6 Å². The standard InChI is InChI=1S/C12H8F3N3/c13-11-2-1-8(4-16)3-10(11)9-5-17-18(6-9)7-12(14)15/h1-3,5-6,12H,7H2. The number of hydrogen-bond acceptors (Lipinski definition) is 2. The summed E-state index contributed by atoms with van der Waals surface area (Å²) >= 11 is 0. The molecule has 2 rings (SSSR count). The van der Waals surface area contributed by atoms with Gasteiger partial charge in [-0.25, -0.2) is 13.2 Å². The van der Waals surface area contributed by atoms with E-state index in [9.17, 15) is 13.2 Å². The monoisotopic (exact) mass is 251 g/mol. The molecule has 0 aliphatic carbocycles. The van der Waals surface area contributed by atoms with Gasteiger partial charge in [-0.2, -0.15) is 10.4 Å². The molecule has 6 heteroatoms. The van der Waals surface area contributed by atoms with Crippen molar-refractivity contribution in [3.05, 3.63) is 42.0 Å². The van der Waals surface area contributed by atoms with Gasteiger partial charge in [0.05, 0.1) is 17.8 Å². The Labute approximate surface area is 101 Å². The molecule has 3 nitrogen and oxygen atoms in total. The van der Waals surface area contributed by atoms with Crippen LogP contribution in [0.25, 0.3) is 11.1 Å². The molecule has 18 heavy (non-hydrogen) atoms. The molecule has 2 aromatic rings. The average Bonchev–Trinajstić information content (AvgIpc) is 2.77. The third-order valence-corrected chi connectivity index (χ3v) is 2.36. The molecule has 0 aliphatic rings. The maximum absolute atomic E-state index is 13.6. The van der Waals surface area contributed by atoms with Crippen molar-refractivity contribution in [1.82, 2.24) is 9.78 Å². The number of aromatic nitrogens is 2. The van der Waals surface area contributed by atoms with Crippen LogP contribution in [0.15, 0.2) is 30.6 Å². The van der Waals surface area contributed by atoms with E-state index in [2.05, 4.69) is 5.10 Å². The van der Waals surface area contributed by atoms with E-state index >= 15 is 0 Å². The molecule has 0 amide bonds. The van der Waals surface area contributed by atoms with Gasteiger partial charge in [-0.15, -0.1) is 0 Å². The van der Waals surface area contributed by atoms with Crippen molar-refractivity contribution in [2.45, 2.75) is 13.0 Å². The van der Waals surface area contributed by atoms with Crippen molar-refractivity contribution in [2.75, 3.05) is 0 Å². The highest BCUT2D eigenvalue weighted by Crippen LogP contribution is 2.23. The first-order valence-corrected chi connectivity index (χ1v) is 5.11. The van der Waals surface area contributed by atoms with Gasteiger partial charge < -0.3 is 0 Å². The minimum absolute atomic E-state index is 0.176. The summed E-state index contributed by atoms with van der Waals surface area (Å²) in [5.41, 5.74) is 0.841. The normalized spacial score (nSPS) is 10.6. The Hall–Kier alpha value is -2.29. The number of nitrogens with zero attached hydrogens (tertiary/aromatic N) is 3. The quantitative estimate of drug-likeness (QED) is 0.841. The van der Waals surface area contributed by atoms with Crippen molar-refractivity contribution in [3.8, 4) is 17.2 Å². The maximum Gasteiger partial charge on any atom is 0.257 e. The summed E-state index contributed by atoms with van der Waals surface area (Å²) in [6, 6.07) is 5.76. The summed E-state index contributed by atoms with van der Waals surface area (Å²) in [5, 5.41) is 12.4. The second-order valence-electron chi connectivity index (χ2n) is 3.65. The van der Waals surface area contributed by atoms with E-state index in [1.54, 1.807) is 0 Å². The van der Waals surface area contributed by atoms with Gasteiger partial charge in [0.25, 0.3) is 6.43 Å². The molecular weight excluding hydrogens is 243 g/mol. The Balaban J connectivity index is 2.37. The number of nitriles is 1. The molecule has 0 atom stereocenters. The zero-order valence-electron chi connectivity index (χ0n) is 9.15. The van der Waals surface area contributed by atoms with Gasteiger partial charge in [-0.1, -0.05) is 0 Å². The van der Waals surface area contributed by atoms with Crippen molar-refractivity contribution < 1.29 is 13.2 Å². The van der Waals surface area contributed by atoms with Crippen LogP contribution in [0.2, 0.25) is 0 Å². The lowest BCUT2D eigenvalue weighted by molar-refractivity contribution is 0.122. The summed E-state index contributed by atoms with van der Waals surface area (Å²) < 4.78 is 38.9. The van der Waals surface area contributed by atoms with Crippen molar-refractivity contribution in [2.24, 2.45) is 0 Å². The minimum atomic E-state index is -2.52. The largest absolute Gasteiger partial charge is 0.266 e. The Kier molecular flexibility index (Phi) is 3.33. The highest BCUT2D eigenvalue weighted by molar-refractivity contribution is 5.64. The first-order chi connectivity index (χ1) is 8.60. The van der Waals surface area contributed by atoms with Crippen LogP contribution in [0.5, 0.6) is 0 Å². The third-order valence-electron chi connectivity index (χ3n) is 2.36. The highest BCUT2D eigenvalue weighted by Gasteiger charge is 2.10. The molecule has 1 heterocycles. The van der Waals surface area contributed by atoms with Crippen LogP contribution in [-0.2, 0) is 6.54 Å². The lowest BCUT2D eigenvalue weighted by atomic mass is 10.1. The van der Waals surface area contributed by atoms with E-state index in [1.165, 1.54) is 30.6 Å². The summed E-state index contributed by atoms with van der Waals surface area (Å²) in [4.78, 5) is 0. The van der Waals surface area contributed by atoms with E-state index in [0.717, 1.165) is 4.68 Å². The zero-order valence-corrected chi connectivity index (χ0v) is 9.15. The van der Waals surface area contributed by atoms with Gasteiger partial charge in [0.2, 0.25) is 0 Å². The fourth-order valence-corrected chi connectivity index (χ4v) is 1.56. The van der Waals surface area contributed by atoms with Crippen molar-refractivity contribution >= 4 is 0 Å². The molecule has 0 spiro atoms. The molecule has 0 saturated heterocycles. The van der Waals surface area contributed by atoms with E-state index in [4.69, 9.17) is 5.26 Å². The molecule has 92 valence electrons. The number of hydrogen-bond donors (Lipinski definition) is 0. The van der Waals surface area contributed by atoms with Crippen LogP contribution in [0.1, 0.15) is 5.56 Å². The third kappa shape index (κ3) is 2.51. The van der Waals surface area contributed by atoms with E-state index in [1.807, 2.05) is 6.07 Å². The van der Waals surface area contributed by atoms with E-state index in [-0.39, 0.29) is 5.56 Å². The molecule has 0 aliphatic heterocycles. The van der Waals surface area contributed by atoms with E-state index < -0.39 is 18.8 Å². The molecule has 0 fully saturated rings. The number of alkyl halides is 2. The van der Waals surface area contributed by atoms with Crippen LogP contribution >= 0.6 is 0 Å². The average molecular weight is 251 g/mol. The number of rotatable bonds is 3. The van der Waals surface area contributed by atoms with Gasteiger partial charge in [0, 0.05) is 17.3 Å². The molecule has 1 aromatic carbocycles. The SMILES string of the molecule is N#Cc1ccc(F)c(-c2cnn(CC(F)F)c2)c1. The predicted molar refractivity (Wildman–Crippen MR) is 58.3 cm³/mol. The van der Waals surface area contributed by atoms with Gasteiger partial charge in [-0.3, -0.25) is 4.68 Å². The Bertz CT molecular complexity index is 599. The molecule has 0 saturated carbocycles. The molecule has 0 bridgehead atoms. The van der Waals surface area contributed by atoms with Gasteiger partial charge in [0.15, 0.2) is 0 Å². The van der Waals surface area contributed by atoms with Crippen molar-refractivity contribution in [1.29, 1.82) is 5.26 Å². The first kappa shape index (κ1) is 12.2. The maximum atomic E-state index is 13.6. The smallest absolute Gasteiger partial charge is 0.257 e. The van der Waals surface area contributed by atoms with Crippen LogP contribution in [0, 0.1) is 17.1 Å². The molecule has 0 radical (unpaired) electrons. The molecule has 0 N–H and O–H groups in total. The van der Waals surface area contributed by atoms with Crippen LogP contribution in [-0.4, -0.2) is 16.2 Å². The zero-order chi connectivity index (χ0) is 13.1. The second kappa shape index (κ2) is 4.92. The van der Waals surface area contributed by atoms with Crippen LogP contribution in [0.3, 0.4) is 0 Å². The van der Waals surface area contributed by atoms with Gasteiger partial charge >= 0.3 is 0 Å². The Morgan fingerprint density at radius 3 is 2.83 bits per heavy atom. The molecule has 1 aromatic heterocycles. The first-order valence-electron chi connectivity index (χ1n) is 5.11. The van der Waals surface area contributed by atoms with Crippen LogP contribution in [0.4, 0.5) is 13.2 Å². The molecule has 0 unspecified atom stereocenters. The van der Waals surface area contributed by atoms with Gasteiger partial charge in [-0.05, 0) is 18.2 Å². The second-order valence-corrected chi connectivity index (χ2v) is 3.65. The number of benzene rings is 1. The van der Waals surface area contributed by atoms with Gasteiger partial charge in [0.1, 0.15) is 12.4 Å². The van der Waals surface area contributed by atoms with E-state index in [0.29, 0.717) is 11.1 Å².